The molecule has 4 aromatic rings. The molecular formula is C26H27N7O5. The van der Waals surface area contributed by atoms with Gasteiger partial charge in [0.2, 0.25) is 5.91 Å². The molecule has 2 amide bonds. The maximum atomic E-state index is 12.9. The van der Waals surface area contributed by atoms with Crippen molar-refractivity contribution in [3.05, 3.63) is 65.9 Å². The van der Waals surface area contributed by atoms with Crippen LogP contribution in [0.1, 0.15) is 39.3 Å². The van der Waals surface area contributed by atoms with Gasteiger partial charge in [0.1, 0.15) is 5.69 Å². The topological polar surface area (TPSA) is 129 Å². The molecule has 12 heteroatoms. The van der Waals surface area contributed by atoms with Gasteiger partial charge in [0.25, 0.3) is 5.91 Å². The molecule has 1 aromatic carbocycles. The van der Waals surface area contributed by atoms with Crippen LogP contribution in [0.3, 0.4) is 0 Å². The van der Waals surface area contributed by atoms with Crippen molar-refractivity contribution >= 4 is 34.3 Å². The number of carbonyl (C=O) groups excluding carboxylic acids is 3. The van der Waals surface area contributed by atoms with Crippen LogP contribution in [0.2, 0.25) is 0 Å². The number of methoxy groups -OCH3 is 1. The van der Waals surface area contributed by atoms with Crippen LogP contribution in [0.25, 0.3) is 22.2 Å². The van der Waals surface area contributed by atoms with Crippen LogP contribution in [0, 0.1) is 0 Å². The van der Waals surface area contributed by atoms with Crippen molar-refractivity contribution in [2.24, 2.45) is 0 Å². The minimum Gasteiger partial charge on any atom is -0.465 e. The fourth-order valence-corrected chi connectivity index (χ4v) is 4.38. The van der Waals surface area contributed by atoms with Gasteiger partial charge in [0, 0.05) is 51.4 Å². The minimum atomic E-state index is -0.512. The number of nitrogens with zero attached hydrogens (tertiary/aromatic N) is 7. The van der Waals surface area contributed by atoms with Crippen molar-refractivity contribution < 1.29 is 23.5 Å². The zero-order valence-corrected chi connectivity index (χ0v) is 21.3. The summed E-state index contributed by atoms with van der Waals surface area (Å²) in [7, 11) is 4.61. The molecule has 1 aliphatic rings. The number of benzene rings is 1. The van der Waals surface area contributed by atoms with Crippen LogP contribution >= 0.6 is 0 Å². The Bertz CT molecular complexity index is 1530. The molecule has 5 rings (SSSR count). The highest BCUT2D eigenvalue weighted by Crippen LogP contribution is 2.32. The molecular weight excluding hydrogens is 490 g/mol. The number of amides is 2. The predicted molar refractivity (Wildman–Crippen MR) is 137 cm³/mol. The molecule has 4 heterocycles. The van der Waals surface area contributed by atoms with Gasteiger partial charge in [-0.2, -0.15) is 5.10 Å². The number of fused-ring (bicyclic) bond motifs is 1. The third kappa shape index (κ3) is 4.92. The van der Waals surface area contributed by atoms with E-state index in [-0.39, 0.29) is 23.1 Å². The largest absolute Gasteiger partial charge is 0.465 e. The SMILES string of the molecule is COC(=O)c1cnn(-c2cc(C3=CCCN(C(=O)CCn4ccnn4)C3)cc3cc(C(=O)N(C)C)oc23)c1. The molecule has 1 aliphatic heterocycles. The lowest BCUT2D eigenvalue weighted by atomic mass is 9.98. The summed E-state index contributed by atoms with van der Waals surface area (Å²) in [6, 6.07) is 5.52. The molecule has 0 fully saturated rings. The van der Waals surface area contributed by atoms with Gasteiger partial charge in [0.05, 0.1) is 31.6 Å². The summed E-state index contributed by atoms with van der Waals surface area (Å²) >= 11 is 0. The summed E-state index contributed by atoms with van der Waals surface area (Å²) in [6.07, 6.45) is 9.42. The molecule has 0 saturated carbocycles. The summed E-state index contributed by atoms with van der Waals surface area (Å²) < 4.78 is 13.9. The number of aryl methyl sites for hydroxylation is 1. The number of hydrogen-bond acceptors (Lipinski definition) is 8. The van der Waals surface area contributed by atoms with E-state index >= 15 is 0 Å². The van der Waals surface area contributed by atoms with Crippen molar-refractivity contribution in [1.82, 2.24) is 34.6 Å². The normalized spacial score (nSPS) is 13.4. The zero-order chi connectivity index (χ0) is 26.8. The number of ether oxygens (including phenoxy) is 1. The van der Waals surface area contributed by atoms with E-state index < -0.39 is 5.97 Å². The van der Waals surface area contributed by atoms with Gasteiger partial charge in [-0.1, -0.05) is 11.3 Å². The second kappa shape index (κ2) is 10.3. The molecule has 0 unspecified atom stereocenters. The molecule has 0 spiro atoms. The van der Waals surface area contributed by atoms with Crippen LogP contribution in [-0.2, 0) is 16.1 Å². The Morgan fingerprint density at radius 1 is 1.18 bits per heavy atom. The van der Waals surface area contributed by atoms with Gasteiger partial charge in [-0.25, -0.2) is 9.48 Å². The fourth-order valence-electron chi connectivity index (χ4n) is 4.38. The highest BCUT2D eigenvalue weighted by molar-refractivity contribution is 5.99. The van der Waals surface area contributed by atoms with Crippen molar-refractivity contribution in [3.8, 4) is 5.69 Å². The van der Waals surface area contributed by atoms with Gasteiger partial charge >= 0.3 is 5.97 Å². The van der Waals surface area contributed by atoms with Gasteiger partial charge in [-0.3, -0.25) is 14.3 Å². The van der Waals surface area contributed by atoms with E-state index in [1.165, 1.54) is 22.9 Å². The van der Waals surface area contributed by atoms with Crippen LogP contribution in [-0.4, -0.2) is 86.7 Å². The van der Waals surface area contributed by atoms with Gasteiger partial charge in [0.15, 0.2) is 11.3 Å². The number of esters is 1. The molecule has 3 aromatic heterocycles. The first-order valence-corrected chi connectivity index (χ1v) is 12.1. The molecule has 196 valence electrons. The zero-order valence-electron chi connectivity index (χ0n) is 21.3. The van der Waals surface area contributed by atoms with Crippen molar-refractivity contribution in [2.75, 3.05) is 34.3 Å². The second-order valence-corrected chi connectivity index (χ2v) is 9.14. The molecule has 0 N–H and O–H groups in total. The first kappa shape index (κ1) is 24.9. The summed E-state index contributed by atoms with van der Waals surface area (Å²) in [5.74, 6) is -0.567. The monoisotopic (exact) mass is 517 g/mol. The number of hydrogen-bond donors (Lipinski definition) is 0. The van der Waals surface area contributed by atoms with Crippen LogP contribution < -0.4 is 0 Å². The Kier molecular flexibility index (Phi) is 6.77. The molecule has 38 heavy (non-hydrogen) atoms. The lowest BCUT2D eigenvalue weighted by Crippen LogP contribution is -2.36. The van der Waals surface area contributed by atoms with E-state index in [0.29, 0.717) is 49.1 Å². The third-order valence-electron chi connectivity index (χ3n) is 6.37. The Morgan fingerprint density at radius 2 is 2.03 bits per heavy atom. The van der Waals surface area contributed by atoms with Gasteiger partial charge < -0.3 is 19.0 Å². The Hall–Kier alpha value is -4.74. The fraction of sp³-hybridized carbons (Fsp3) is 0.308. The summed E-state index contributed by atoms with van der Waals surface area (Å²) in [5.41, 5.74) is 3.12. The number of aromatic nitrogens is 5. The van der Waals surface area contributed by atoms with Crippen molar-refractivity contribution in [2.45, 2.75) is 19.4 Å². The molecule has 0 radical (unpaired) electrons. The van der Waals surface area contributed by atoms with Crippen LogP contribution in [0.4, 0.5) is 0 Å². The van der Waals surface area contributed by atoms with E-state index in [4.69, 9.17) is 9.15 Å². The molecule has 0 saturated heterocycles. The Labute approximate surface area is 218 Å². The van der Waals surface area contributed by atoms with Crippen molar-refractivity contribution in [1.29, 1.82) is 0 Å². The maximum Gasteiger partial charge on any atom is 0.341 e. The molecule has 0 atom stereocenters. The first-order chi connectivity index (χ1) is 18.3. The van der Waals surface area contributed by atoms with Crippen molar-refractivity contribution in [3.63, 3.8) is 0 Å². The summed E-state index contributed by atoms with van der Waals surface area (Å²) in [4.78, 5) is 40.9. The average Bonchev–Trinajstić information content (AvgIpc) is 3.71. The van der Waals surface area contributed by atoms with Crippen LogP contribution in [0.5, 0.6) is 0 Å². The maximum absolute atomic E-state index is 12.9. The third-order valence-corrected chi connectivity index (χ3v) is 6.37. The lowest BCUT2D eigenvalue weighted by molar-refractivity contribution is -0.131. The quantitative estimate of drug-likeness (QED) is 0.342. The van der Waals surface area contributed by atoms with Gasteiger partial charge in [-0.05, 0) is 35.8 Å². The first-order valence-electron chi connectivity index (χ1n) is 12.1. The smallest absolute Gasteiger partial charge is 0.341 e. The van der Waals surface area contributed by atoms with Gasteiger partial charge in [-0.15, -0.1) is 5.10 Å². The van der Waals surface area contributed by atoms with E-state index in [1.54, 1.807) is 43.4 Å². The number of carbonyl (C=O) groups is 3. The summed E-state index contributed by atoms with van der Waals surface area (Å²) in [6.45, 7) is 1.53. The minimum absolute atomic E-state index is 0.0318. The standard InChI is InChI=1S/C26H27N7O5/c1-30(2)25(35)22-13-19-11-18(12-21(24(19)38-22)33-16-20(14-28-33)26(36)37-3)17-5-4-8-31(15-17)23(34)6-9-32-10-7-27-29-32/h5,7,10-14,16H,4,6,8-9,15H2,1-3H3. The molecule has 12 nitrogen and oxygen atoms in total. The lowest BCUT2D eigenvalue weighted by Gasteiger charge is -2.28. The van der Waals surface area contributed by atoms with E-state index in [2.05, 4.69) is 21.5 Å². The van der Waals surface area contributed by atoms with E-state index in [0.717, 1.165) is 11.1 Å². The molecule has 0 aliphatic carbocycles. The van der Waals surface area contributed by atoms with Crippen LogP contribution in [0.15, 0.2) is 53.5 Å². The Balaban J connectivity index is 1.49. The second-order valence-electron chi connectivity index (χ2n) is 9.14. The average molecular weight is 518 g/mol. The highest BCUT2D eigenvalue weighted by atomic mass is 16.5. The van der Waals surface area contributed by atoms with E-state index in [9.17, 15) is 14.4 Å². The number of rotatable bonds is 7. The number of furan rings is 1. The predicted octanol–water partition coefficient (Wildman–Crippen LogP) is 2.40. The Morgan fingerprint density at radius 3 is 2.76 bits per heavy atom. The summed E-state index contributed by atoms with van der Waals surface area (Å²) in [5, 5.41) is 12.7. The van der Waals surface area contributed by atoms with E-state index in [1.807, 2.05) is 17.0 Å². The molecule has 0 bridgehead atoms. The highest BCUT2D eigenvalue weighted by Gasteiger charge is 2.23.